The van der Waals surface area contributed by atoms with E-state index in [4.69, 9.17) is 13.6 Å². The average molecular weight is 509 g/mol. The Balaban J connectivity index is 1.18. The molecule has 0 fully saturated rings. The van der Waals surface area contributed by atoms with Crippen LogP contribution >= 0.6 is 0 Å². The molecule has 7 heteroatoms. The fourth-order valence-electron chi connectivity index (χ4n) is 4.13. The van der Waals surface area contributed by atoms with Gasteiger partial charge in [-0.15, -0.1) is 20.4 Å². The molecule has 5 aromatic rings. The van der Waals surface area contributed by atoms with E-state index in [2.05, 4.69) is 27.3 Å². The zero-order valence-electron chi connectivity index (χ0n) is 21.9. The first-order valence-electron chi connectivity index (χ1n) is 13.3. The largest absolute Gasteiger partial charge is 0.494 e. The Labute approximate surface area is 222 Å². The predicted octanol–water partition coefficient (Wildman–Crippen LogP) is 8.17. The van der Waals surface area contributed by atoms with E-state index in [1.165, 1.54) is 37.7 Å². The van der Waals surface area contributed by atoms with Crippen molar-refractivity contribution in [3.63, 3.8) is 0 Å². The molecule has 0 amide bonds. The van der Waals surface area contributed by atoms with E-state index >= 15 is 0 Å². The monoisotopic (exact) mass is 508 g/mol. The van der Waals surface area contributed by atoms with Crippen molar-refractivity contribution in [2.45, 2.75) is 52.4 Å². The lowest BCUT2D eigenvalue weighted by molar-refractivity contribution is 0.304. The molecular weight excluding hydrogens is 476 g/mol. The fraction of sp³-hybridized carbons (Fsp3) is 0.290. The Kier molecular flexibility index (Phi) is 8.23. The highest BCUT2D eigenvalue weighted by molar-refractivity contribution is 5.64. The van der Waals surface area contributed by atoms with Gasteiger partial charge in [0.2, 0.25) is 23.6 Å². The molecule has 3 aromatic carbocycles. The van der Waals surface area contributed by atoms with Crippen LogP contribution in [0.25, 0.3) is 45.8 Å². The zero-order chi connectivity index (χ0) is 26.2. The van der Waals surface area contributed by atoms with Crippen LogP contribution in [-0.4, -0.2) is 27.0 Å². The van der Waals surface area contributed by atoms with Crippen LogP contribution in [0.3, 0.4) is 0 Å². The SMILES string of the molecule is CCCCCCCCOc1ccc(-c2nnc(-c3ccc(-c4nnc(-c5ccc(C)cc5)o4)cc3)o2)cc1. The standard InChI is InChI=1S/C31H32N4O3/c1-3-4-5-6-7-8-21-36-27-19-17-26(18-20-27)31-35-34-30(38-31)25-15-13-24(14-16-25)29-33-32-28(37-29)23-11-9-22(2)10-12-23/h9-20H,3-8,21H2,1-2H3. The van der Waals surface area contributed by atoms with Gasteiger partial charge >= 0.3 is 0 Å². The molecule has 0 bridgehead atoms. The summed E-state index contributed by atoms with van der Waals surface area (Å²) in [5, 5.41) is 16.8. The highest BCUT2D eigenvalue weighted by Gasteiger charge is 2.14. The summed E-state index contributed by atoms with van der Waals surface area (Å²) in [5.41, 5.74) is 4.54. The van der Waals surface area contributed by atoms with Gasteiger partial charge in [-0.3, -0.25) is 0 Å². The summed E-state index contributed by atoms with van der Waals surface area (Å²) in [4.78, 5) is 0. The van der Waals surface area contributed by atoms with Crippen LogP contribution in [0, 0.1) is 6.92 Å². The van der Waals surface area contributed by atoms with Crippen LogP contribution < -0.4 is 4.74 Å². The second-order valence-corrected chi connectivity index (χ2v) is 9.41. The van der Waals surface area contributed by atoms with E-state index < -0.39 is 0 Å². The number of hydrogen-bond donors (Lipinski definition) is 0. The second kappa shape index (κ2) is 12.3. The number of benzene rings is 3. The van der Waals surface area contributed by atoms with Gasteiger partial charge in [0.05, 0.1) is 6.61 Å². The number of aryl methyl sites for hydroxylation is 1. The first-order valence-corrected chi connectivity index (χ1v) is 13.3. The summed E-state index contributed by atoms with van der Waals surface area (Å²) in [6.07, 6.45) is 7.49. The summed E-state index contributed by atoms with van der Waals surface area (Å²) in [7, 11) is 0. The summed E-state index contributed by atoms with van der Waals surface area (Å²) < 4.78 is 17.7. The number of unbranched alkanes of at least 4 members (excludes halogenated alkanes) is 5. The van der Waals surface area contributed by atoms with Crippen molar-refractivity contribution >= 4 is 0 Å². The Hall–Kier alpha value is -4.26. The van der Waals surface area contributed by atoms with E-state index in [9.17, 15) is 0 Å². The fourth-order valence-corrected chi connectivity index (χ4v) is 4.13. The molecule has 0 spiro atoms. The highest BCUT2D eigenvalue weighted by atomic mass is 16.5. The van der Waals surface area contributed by atoms with Gasteiger partial charge in [0.15, 0.2) is 0 Å². The number of aromatic nitrogens is 4. The molecule has 38 heavy (non-hydrogen) atoms. The van der Waals surface area contributed by atoms with Crippen molar-refractivity contribution in [2.24, 2.45) is 0 Å². The quantitative estimate of drug-likeness (QED) is 0.157. The second-order valence-electron chi connectivity index (χ2n) is 9.41. The van der Waals surface area contributed by atoms with Crippen LogP contribution in [-0.2, 0) is 0 Å². The van der Waals surface area contributed by atoms with E-state index in [0.717, 1.165) is 41.0 Å². The molecule has 0 N–H and O–H groups in total. The van der Waals surface area contributed by atoms with Gasteiger partial charge in [-0.1, -0.05) is 56.7 Å². The van der Waals surface area contributed by atoms with Gasteiger partial charge in [-0.2, -0.15) is 0 Å². The lowest BCUT2D eigenvalue weighted by Gasteiger charge is -2.06. The lowest BCUT2D eigenvalue weighted by atomic mass is 10.1. The molecule has 0 saturated heterocycles. The first-order chi connectivity index (χ1) is 18.7. The minimum Gasteiger partial charge on any atom is -0.494 e. The molecule has 0 aliphatic rings. The normalized spacial score (nSPS) is 11.1. The zero-order valence-corrected chi connectivity index (χ0v) is 21.9. The topological polar surface area (TPSA) is 87.1 Å². The maximum absolute atomic E-state index is 5.94. The van der Waals surface area contributed by atoms with E-state index in [1.54, 1.807) is 0 Å². The maximum Gasteiger partial charge on any atom is 0.248 e. The summed E-state index contributed by atoms with van der Waals surface area (Å²) in [6.45, 7) is 5.02. The van der Waals surface area contributed by atoms with Crippen LogP contribution in [0.1, 0.15) is 51.0 Å². The van der Waals surface area contributed by atoms with Gasteiger partial charge in [-0.05, 0) is 74.0 Å². The van der Waals surface area contributed by atoms with Gasteiger partial charge in [0.1, 0.15) is 5.75 Å². The van der Waals surface area contributed by atoms with Crippen LogP contribution in [0.2, 0.25) is 0 Å². The van der Waals surface area contributed by atoms with Gasteiger partial charge < -0.3 is 13.6 Å². The summed E-state index contributed by atoms with van der Waals surface area (Å²) >= 11 is 0. The third-order valence-corrected chi connectivity index (χ3v) is 6.40. The van der Waals surface area contributed by atoms with Crippen molar-refractivity contribution in [1.29, 1.82) is 0 Å². The molecule has 0 unspecified atom stereocenters. The molecule has 0 aliphatic carbocycles. The number of rotatable bonds is 12. The van der Waals surface area contributed by atoms with Crippen LogP contribution in [0.5, 0.6) is 5.75 Å². The molecule has 0 aliphatic heterocycles. The molecule has 5 rings (SSSR count). The van der Waals surface area contributed by atoms with Crippen LogP contribution in [0.15, 0.2) is 81.6 Å². The number of nitrogens with zero attached hydrogens (tertiary/aromatic N) is 4. The van der Waals surface area contributed by atoms with Crippen molar-refractivity contribution in [1.82, 2.24) is 20.4 Å². The van der Waals surface area contributed by atoms with E-state index in [0.29, 0.717) is 23.6 Å². The van der Waals surface area contributed by atoms with Crippen molar-refractivity contribution < 1.29 is 13.6 Å². The van der Waals surface area contributed by atoms with Crippen molar-refractivity contribution in [2.75, 3.05) is 6.61 Å². The molecule has 0 atom stereocenters. The smallest absolute Gasteiger partial charge is 0.248 e. The minimum atomic E-state index is 0.445. The van der Waals surface area contributed by atoms with Crippen molar-refractivity contribution in [3.8, 4) is 51.6 Å². The molecular formula is C31H32N4O3. The van der Waals surface area contributed by atoms with E-state index in [1.807, 2.05) is 79.7 Å². The maximum atomic E-state index is 5.94. The third-order valence-electron chi connectivity index (χ3n) is 6.40. The van der Waals surface area contributed by atoms with Gasteiger partial charge in [0.25, 0.3) is 0 Å². The number of ether oxygens (including phenoxy) is 1. The third kappa shape index (κ3) is 6.35. The Morgan fingerprint density at radius 1 is 0.526 bits per heavy atom. The average Bonchev–Trinajstić information content (AvgIpc) is 3.65. The van der Waals surface area contributed by atoms with Gasteiger partial charge in [-0.25, -0.2) is 0 Å². The van der Waals surface area contributed by atoms with Crippen LogP contribution in [0.4, 0.5) is 0 Å². The molecule has 0 radical (unpaired) electrons. The first kappa shape index (κ1) is 25.4. The van der Waals surface area contributed by atoms with Gasteiger partial charge in [0, 0.05) is 22.3 Å². The Bertz CT molecular complexity index is 1420. The Morgan fingerprint density at radius 3 is 1.39 bits per heavy atom. The van der Waals surface area contributed by atoms with E-state index in [-0.39, 0.29) is 0 Å². The summed E-state index contributed by atoms with van der Waals surface area (Å²) in [5.74, 6) is 2.71. The molecule has 7 nitrogen and oxygen atoms in total. The highest BCUT2D eigenvalue weighted by Crippen LogP contribution is 2.29. The molecule has 0 saturated carbocycles. The molecule has 194 valence electrons. The predicted molar refractivity (Wildman–Crippen MR) is 148 cm³/mol. The summed E-state index contributed by atoms with van der Waals surface area (Å²) in [6, 6.07) is 23.4. The number of hydrogen-bond acceptors (Lipinski definition) is 7. The Morgan fingerprint density at radius 2 is 0.921 bits per heavy atom. The molecule has 2 heterocycles. The lowest BCUT2D eigenvalue weighted by Crippen LogP contribution is -1.97. The van der Waals surface area contributed by atoms with Crippen molar-refractivity contribution in [3.05, 3.63) is 78.4 Å². The molecule has 2 aromatic heterocycles. The minimum absolute atomic E-state index is 0.445.